The van der Waals surface area contributed by atoms with Gasteiger partial charge in [-0.1, -0.05) is 0 Å². The van der Waals surface area contributed by atoms with E-state index in [1.54, 1.807) is 7.05 Å². The average molecular weight is 201 g/mol. The molecule has 1 amide bonds. The zero-order valence-corrected chi connectivity index (χ0v) is 9.68. The van der Waals surface area contributed by atoms with Gasteiger partial charge in [-0.2, -0.15) is 0 Å². The quantitative estimate of drug-likeness (QED) is 0.596. The Bertz CT molecular complexity index is 175. The average Bonchev–Trinajstić information content (AvgIpc) is 2.09. The molecule has 1 unspecified atom stereocenters. The van der Waals surface area contributed by atoms with Gasteiger partial charge in [0.05, 0.1) is 6.04 Å². The number of carbonyl (C=O) groups is 1. The molecule has 0 aliphatic rings. The van der Waals surface area contributed by atoms with E-state index in [0.29, 0.717) is 6.54 Å². The lowest BCUT2D eigenvalue weighted by Crippen LogP contribution is -2.51. The maximum atomic E-state index is 11.5. The van der Waals surface area contributed by atoms with Gasteiger partial charge in [0.15, 0.2) is 0 Å². The zero-order chi connectivity index (χ0) is 11.2. The lowest BCUT2D eigenvalue weighted by Gasteiger charge is -2.27. The lowest BCUT2D eigenvalue weighted by atomic mass is 10.0. The first-order valence-electron chi connectivity index (χ1n) is 5.10. The standard InChI is InChI=1S/C10H23N3O/c1-10(2,3)13-8(6-5-7-11)9(14)12-4/h8,13H,5-7,11H2,1-4H3,(H,12,14). The molecule has 14 heavy (non-hydrogen) atoms. The van der Waals surface area contributed by atoms with Gasteiger partial charge in [-0.05, 0) is 40.2 Å². The van der Waals surface area contributed by atoms with Crippen LogP contribution < -0.4 is 16.4 Å². The summed E-state index contributed by atoms with van der Waals surface area (Å²) in [7, 11) is 1.65. The molecule has 0 aliphatic heterocycles. The normalized spacial score (nSPS) is 13.8. The molecule has 84 valence electrons. The van der Waals surface area contributed by atoms with Crippen molar-refractivity contribution >= 4 is 5.91 Å². The molecule has 0 rings (SSSR count). The molecule has 4 N–H and O–H groups in total. The molecule has 0 aromatic rings. The van der Waals surface area contributed by atoms with E-state index in [4.69, 9.17) is 5.73 Å². The van der Waals surface area contributed by atoms with Gasteiger partial charge in [0.1, 0.15) is 0 Å². The molecule has 0 aromatic heterocycles. The number of hydrogen-bond acceptors (Lipinski definition) is 3. The molecule has 0 fully saturated rings. The Kier molecular flexibility index (Phi) is 5.72. The topological polar surface area (TPSA) is 67.2 Å². The second kappa shape index (κ2) is 5.98. The summed E-state index contributed by atoms with van der Waals surface area (Å²) in [5.41, 5.74) is 5.37. The molecule has 0 heterocycles. The highest BCUT2D eigenvalue weighted by atomic mass is 16.2. The smallest absolute Gasteiger partial charge is 0.236 e. The van der Waals surface area contributed by atoms with E-state index in [-0.39, 0.29) is 17.5 Å². The van der Waals surface area contributed by atoms with Crippen LogP contribution >= 0.6 is 0 Å². The zero-order valence-electron chi connectivity index (χ0n) is 9.68. The molecule has 4 nitrogen and oxygen atoms in total. The third-order valence-electron chi connectivity index (χ3n) is 1.87. The van der Waals surface area contributed by atoms with Gasteiger partial charge in [-0.3, -0.25) is 4.79 Å². The molecular formula is C10H23N3O. The highest BCUT2D eigenvalue weighted by molar-refractivity contribution is 5.81. The number of likely N-dealkylation sites (N-methyl/N-ethyl adjacent to an activating group) is 1. The Morgan fingerprint density at radius 3 is 2.36 bits per heavy atom. The minimum atomic E-state index is -0.136. The van der Waals surface area contributed by atoms with Crippen LogP contribution in [0.25, 0.3) is 0 Å². The number of nitrogens with one attached hydrogen (secondary N) is 2. The molecule has 0 saturated carbocycles. The maximum Gasteiger partial charge on any atom is 0.236 e. The fourth-order valence-corrected chi connectivity index (χ4v) is 1.29. The Labute approximate surface area is 86.6 Å². The number of rotatable bonds is 5. The highest BCUT2D eigenvalue weighted by Crippen LogP contribution is 2.05. The van der Waals surface area contributed by atoms with Crippen molar-refractivity contribution in [1.29, 1.82) is 0 Å². The van der Waals surface area contributed by atoms with Crippen LogP contribution in [0.4, 0.5) is 0 Å². The second-order valence-electron chi connectivity index (χ2n) is 4.49. The Morgan fingerprint density at radius 1 is 1.43 bits per heavy atom. The minimum absolute atomic E-state index is 0.0355. The van der Waals surface area contributed by atoms with Gasteiger partial charge < -0.3 is 16.4 Å². The van der Waals surface area contributed by atoms with Gasteiger partial charge in [0.25, 0.3) is 0 Å². The van der Waals surface area contributed by atoms with E-state index in [1.807, 2.05) is 20.8 Å². The summed E-state index contributed by atoms with van der Waals surface area (Å²) < 4.78 is 0. The molecule has 1 atom stereocenters. The third kappa shape index (κ3) is 5.94. The van der Waals surface area contributed by atoms with E-state index in [9.17, 15) is 4.79 Å². The summed E-state index contributed by atoms with van der Waals surface area (Å²) in [6, 6.07) is -0.136. The van der Waals surface area contributed by atoms with Gasteiger partial charge in [-0.25, -0.2) is 0 Å². The number of hydrogen-bond donors (Lipinski definition) is 3. The SMILES string of the molecule is CNC(=O)C(CCCN)NC(C)(C)C. The summed E-state index contributed by atoms with van der Waals surface area (Å²) in [4.78, 5) is 11.5. The van der Waals surface area contributed by atoms with Crippen LogP contribution in [0.5, 0.6) is 0 Å². The number of nitrogens with two attached hydrogens (primary N) is 1. The van der Waals surface area contributed by atoms with Crippen LogP contribution in [0.3, 0.4) is 0 Å². The lowest BCUT2D eigenvalue weighted by molar-refractivity contribution is -0.123. The fraction of sp³-hybridized carbons (Fsp3) is 0.900. The molecule has 0 radical (unpaired) electrons. The van der Waals surface area contributed by atoms with Crippen LogP contribution in [0, 0.1) is 0 Å². The number of amides is 1. The monoisotopic (exact) mass is 201 g/mol. The first-order chi connectivity index (χ1) is 6.40. The first-order valence-corrected chi connectivity index (χ1v) is 5.10. The van der Waals surface area contributed by atoms with E-state index in [2.05, 4.69) is 10.6 Å². The van der Waals surface area contributed by atoms with Crippen molar-refractivity contribution in [2.45, 2.75) is 45.2 Å². The van der Waals surface area contributed by atoms with Gasteiger partial charge in [0, 0.05) is 12.6 Å². The van der Waals surface area contributed by atoms with Gasteiger partial charge in [-0.15, -0.1) is 0 Å². The van der Waals surface area contributed by atoms with E-state index >= 15 is 0 Å². The Balaban J connectivity index is 4.18. The van der Waals surface area contributed by atoms with Gasteiger partial charge >= 0.3 is 0 Å². The minimum Gasteiger partial charge on any atom is -0.358 e. The van der Waals surface area contributed by atoms with E-state index < -0.39 is 0 Å². The van der Waals surface area contributed by atoms with Crippen molar-refractivity contribution in [2.24, 2.45) is 5.73 Å². The summed E-state index contributed by atoms with van der Waals surface area (Å²) >= 11 is 0. The predicted molar refractivity (Wildman–Crippen MR) is 59.0 cm³/mol. The van der Waals surface area contributed by atoms with Crippen LogP contribution in [0.1, 0.15) is 33.6 Å². The summed E-state index contributed by atoms with van der Waals surface area (Å²) in [5.74, 6) is 0.0355. The highest BCUT2D eigenvalue weighted by Gasteiger charge is 2.21. The third-order valence-corrected chi connectivity index (χ3v) is 1.87. The molecule has 4 heteroatoms. The van der Waals surface area contributed by atoms with Crippen LogP contribution in [0.2, 0.25) is 0 Å². The van der Waals surface area contributed by atoms with E-state index in [1.165, 1.54) is 0 Å². The van der Waals surface area contributed by atoms with E-state index in [0.717, 1.165) is 12.8 Å². The Morgan fingerprint density at radius 2 is 2.00 bits per heavy atom. The fourth-order valence-electron chi connectivity index (χ4n) is 1.29. The van der Waals surface area contributed by atoms with Gasteiger partial charge in [0.2, 0.25) is 5.91 Å². The largest absolute Gasteiger partial charge is 0.358 e. The van der Waals surface area contributed by atoms with Crippen molar-refractivity contribution in [1.82, 2.24) is 10.6 Å². The van der Waals surface area contributed by atoms with Crippen molar-refractivity contribution in [3.8, 4) is 0 Å². The van der Waals surface area contributed by atoms with Crippen molar-refractivity contribution in [3.63, 3.8) is 0 Å². The van der Waals surface area contributed by atoms with Crippen molar-refractivity contribution < 1.29 is 4.79 Å². The number of carbonyl (C=O) groups excluding carboxylic acids is 1. The second-order valence-corrected chi connectivity index (χ2v) is 4.49. The van der Waals surface area contributed by atoms with Crippen LogP contribution in [-0.4, -0.2) is 31.1 Å². The molecule has 0 bridgehead atoms. The molecular weight excluding hydrogens is 178 g/mol. The summed E-state index contributed by atoms with van der Waals surface area (Å²) in [6.45, 7) is 6.77. The predicted octanol–water partition coefficient (Wildman–Crippen LogP) is 0.228. The molecule has 0 aromatic carbocycles. The molecule has 0 saturated heterocycles. The first kappa shape index (κ1) is 13.4. The maximum absolute atomic E-state index is 11.5. The Hall–Kier alpha value is -0.610. The molecule has 0 aliphatic carbocycles. The summed E-state index contributed by atoms with van der Waals surface area (Å²) in [6.07, 6.45) is 1.65. The van der Waals surface area contributed by atoms with Crippen LogP contribution in [-0.2, 0) is 4.79 Å². The van der Waals surface area contributed by atoms with Crippen molar-refractivity contribution in [2.75, 3.05) is 13.6 Å². The van der Waals surface area contributed by atoms with Crippen LogP contribution in [0.15, 0.2) is 0 Å². The summed E-state index contributed by atoms with van der Waals surface area (Å²) in [5, 5.41) is 5.93. The molecule has 0 spiro atoms. The van der Waals surface area contributed by atoms with Crippen molar-refractivity contribution in [3.05, 3.63) is 0 Å².